The van der Waals surface area contributed by atoms with Gasteiger partial charge >= 0.3 is 11.5 Å². The topological polar surface area (TPSA) is 110 Å². The molecule has 0 aromatic heterocycles. The molecule has 7 nitrogen and oxygen atoms in total. The van der Waals surface area contributed by atoms with Crippen molar-refractivity contribution >= 4 is 32.5 Å². The Balaban J connectivity index is 1.62. The SMILES string of the molecule is CC1(C(NC(=O)c2ccc3ccccc3c2OCc2ccc(S(=O)(=O)C(F)(F)F)cc2)C(=O)O)CCCCC1. The molecule has 3 aromatic rings. The minimum absolute atomic E-state index is 0.107. The van der Waals surface area contributed by atoms with E-state index in [1.807, 2.05) is 13.0 Å². The molecule has 0 saturated heterocycles. The molecule has 1 aliphatic carbocycles. The molecule has 0 aliphatic heterocycles. The number of fused-ring (bicyclic) bond motifs is 1. The van der Waals surface area contributed by atoms with Crippen LogP contribution in [0.2, 0.25) is 0 Å². The van der Waals surface area contributed by atoms with Gasteiger partial charge in [0.2, 0.25) is 0 Å². The maximum absolute atomic E-state index is 13.4. The predicted molar refractivity (Wildman–Crippen MR) is 138 cm³/mol. The molecule has 4 rings (SSSR count). The fourth-order valence-electron chi connectivity index (χ4n) is 5.02. The fourth-order valence-corrected chi connectivity index (χ4v) is 5.78. The Bertz CT molecular complexity index is 1480. The number of hydrogen-bond acceptors (Lipinski definition) is 5. The highest BCUT2D eigenvalue weighted by Gasteiger charge is 2.46. The first-order valence-corrected chi connectivity index (χ1v) is 13.9. The number of halogens is 3. The van der Waals surface area contributed by atoms with Crippen molar-refractivity contribution in [3.8, 4) is 5.75 Å². The molecule has 1 amide bonds. The predicted octanol–water partition coefficient (Wildman–Crippen LogP) is 5.87. The van der Waals surface area contributed by atoms with Crippen LogP contribution >= 0.6 is 0 Å². The lowest BCUT2D eigenvalue weighted by Crippen LogP contribution is -2.52. The maximum Gasteiger partial charge on any atom is 0.501 e. The molecule has 0 bridgehead atoms. The van der Waals surface area contributed by atoms with Gasteiger partial charge < -0.3 is 15.2 Å². The highest BCUT2D eigenvalue weighted by atomic mass is 32.2. The van der Waals surface area contributed by atoms with Gasteiger partial charge in [-0.15, -0.1) is 0 Å². The van der Waals surface area contributed by atoms with E-state index in [9.17, 15) is 36.3 Å². The summed E-state index contributed by atoms with van der Waals surface area (Å²) in [6.45, 7) is 1.69. The van der Waals surface area contributed by atoms with E-state index in [1.165, 1.54) is 18.2 Å². The summed E-state index contributed by atoms with van der Waals surface area (Å²) in [7, 11) is -5.48. The number of amides is 1. The second-order valence-corrected chi connectivity index (χ2v) is 11.9. The number of hydrogen-bond donors (Lipinski definition) is 2. The van der Waals surface area contributed by atoms with E-state index in [1.54, 1.807) is 24.3 Å². The number of nitrogens with one attached hydrogen (secondary N) is 1. The first-order valence-electron chi connectivity index (χ1n) is 12.4. The molecule has 3 aromatic carbocycles. The highest BCUT2D eigenvalue weighted by molar-refractivity contribution is 7.92. The van der Waals surface area contributed by atoms with E-state index < -0.39 is 43.6 Å². The summed E-state index contributed by atoms with van der Waals surface area (Å²) in [5.74, 6) is -1.57. The van der Waals surface area contributed by atoms with Crippen LogP contribution in [-0.2, 0) is 21.2 Å². The van der Waals surface area contributed by atoms with Crippen molar-refractivity contribution in [2.75, 3.05) is 0 Å². The first-order chi connectivity index (χ1) is 18.3. The van der Waals surface area contributed by atoms with Crippen molar-refractivity contribution in [3.63, 3.8) is 0 Å². The molecule has 0 heterocycles. The van der Waals surface area contributed by atoms with Crippen LogP contribution in [0, 0.1) is 5.41 Å². The summed E-state index contributed by atoms with van der Waals surface area (Å²) >= 11 is 0. The van der Waals surface area contributed by atoms with Crippen LogP contribution in [0.1, 0.15) is 54.9 Å². The number of aliphatic carboxylic acids is 1. The first kappa shape index (κ1) is 28.4. The van der Waals surface area contributed by atoms with Crippen LogP contribution in [-0.4, -0.2) is 37.0 Å². The van der Waals surface area contributed by atoms with Crippen LogP contribution in [0.15, 0.2) is 65.6 Å². The largest absolute Gasteiger partial charge is 0.501 e. The van der Waals surface area contributed by atoms with Crippen LogP contribution in [0.25, 0.3) is 10.8 Å². The molecule has 11 heteroatoms. The molecular weight excluding hydrogens is 535 g/mol. The second kappa shape index (κ2) is 10.9. The third-order valence-corrected chi connectivity index (χ3v) is 8.76. The van der Waals surface area contributed by atoms with Crippen molar-refractivity contribution in [2.45, 2.75) is 62.1 Å². The number of carboxylic acid groups (broad SMARTS) is 1. The van der Waals surface area contributed by atoms with E-state index in [-0.39, 0.29) is 17.9 Å². The summed E-state index contributed by atoms with van der Waals surface area (Å²) in [5.41, 5.74) is -5.54. The summed E-state index contributed by atoms with van der Waals surface area (Å²) in [6.07, 6.45) is 4.12. The highest BCUT2D eigenvalue weighted by Crippen LogP contribution is 2.39. The average Bonchev–Trinajstić information content (AvgIpc) is 2.89. The number of carbonyl (C=O) groups excluding carboxylic acids is 1. The Kier molecular flexibility index (Phi) is 7.92. The van der Waals surface area contributed by atoms with Gasteiger partial charge in [-0.1, -0.05) is 68.7 Å². The maximum atomic E-state index is 13.4. The summed E-state index contributed by atoms with van der Waals surface area (Å²) in [6, 6.07) is 13.3. The van der Waals surface area contributed by atoms with Gasteiger partial charge in [-0.3, -0.25) is 4.79 Å². The van der Waals surface area contributed by atoms with Crippen LogP contribution in [0.5, 0.6) is 5.75 Å². The van der Waals surface area contributed by atoms with Crippen molar-refractivity contribution in [3.05, 3.63) is 71.8 Å². The smallest absolute Gasteiger partial charge is 0.487 e. The number of rotatable bonds is 8. The van der Waals surface area contributed by atoms with Gasteiger partial charge in [0, 0.05) is 5.39 Å². The molecule has 1 unspecified atom stereocenters. The van der Waals surface area contributed by atoms with E-state index in [0.29, 0.717) is 23.8 Å². The van der Waals surface area contributed by atoms with Crippen molar-refractivity contribution < 1.29 is 41.0 Å². The van der Waals surface area contributed by atoms with Crippen molar-refractivity contribution in [2.24, 2.45) is 5.41 Å². The molecule has 0 spiro atoms. The molecular formula is C28H28F3NO6S. The third-order valence-electron chi connectivity index (χ3n) is 7.26. The number of alkyl halides is 3. The molecule has 1 atom stereocenters. The number of ether oxygens (including phenoxy) is 1. The number of sulfone groups is 1. The lowest BCUT2D eigenvalue weighted by molar-refractivity contribution is -0.143. The Labute approximate surface area is 223 Å². The summed E-state index contributed by atoms with van der Waals surface area (Å²) in [5, 5.41) is 14.0. The quantitative estimate of drug-likeness (QED) is 0.355. The lowest BCUT2D eigenvalue weighted by atomic mass is 9.70. The van der Waals surface area contributed by atoms with Crippen LogP contribution in [0.3, 0.4) is 0 Å². The molecule has 208 valence electrons. The zero-order valence-electron chi connectivity index (χ0n) is 21.1. The monoisotopic (exact) mass is 563 g/mol. The summed E-state index contributed by atoms with van der Waals surface area (Å²) < 4.78 is 67.8. The number of carboxylic acids is 1. The standard InChI is InChI=1S/C28H28F3NO6S/c1-27(15-5-2-6-16-27)24(26(34)35)32-25(33)22-14-11-19-7-3-4-8-21(19)23(22)38-17-18-9-12-20(13-10-18)39(36,37)28(29,30)31/h3-4,7-14,24H,2,5-6,15-17H2,1H3,(H,32,33)(H,34,35). The van der Waals surface area contributed by atoms with Gasteiger partial charge in [0.1, 0.15) is 18.4 Å². The molecule has 39 heavy (non-hydrogen) atoms. The Morgan fingerprint density at radius 2 is 1.64 bits per heavy atom. The van der Waals surface area contributed by atoms with Crippen molar-refractivity contribution in [1.29, 1.82) is 0 Å². The number of carbonyl (C=O) groups is 2. The van der Waals surface area contributed by atoms with E-state index in [0.717, 1.165) is 36.8 Å². The van der Waals surface area contributed by atoms with Gasteiger partial charge in [-0.2, -0.15) is 13.2 Å². The zero-order valence-corrected chi connectivity index (χ0v) is 21.9. The average molecular weight is 564 g/mol. The Morgan fingerprint density at radius 1 is 1.00 bits per heavy atom. The minimum Gasteiger partial charge on any atom is -0.487 e. The van der Waals surface area contributed by atoms with Crippen LogP contribution < -0.4 is 10.1 Å². The van der Waals surface area contributed by atoms with E-state index >= 15 is 0 Å². The molecule has 1 aliphatic rings. The third kappa shape index (κ3) is 5.88. The van der Waals surface area contributed by atoms with Gasteiger partial charge in [0.15, 0.2) is 0 Å². The molecule has 2 N–H and O–H groups in total. The fraction of sp³-hybridized carbons (Fsp3) is 0.357. The normalized spacial score (nSPS) is 16.4. The molecule has 0 radical (unpaired) electrons. The molecule has 1 fully saturated rings. The Morgan fingerprint density at radius 3 is 2.26 bits per heavy atom. The molecule has 1 saturated carbocycles. The van der Waals surface area contributed by atoms with Gasteiger partial charge in [-0.05, 0) is 47.4 Å². The zero-order chi connectivity index (χ0) is 28.4. The van der Waals surface area contributed by atoms with Crippen molar-refractivity contribution in [1.82, 2.24) is 5.32 Å². The second-order valence-electron chi connectivity index (χ2n) is 10.0. The number of benzene rings is 3. The van der Waals surface area contributed by atoms with Gasteiger partial charge in [0.05, 0.1) is 10.5 Å². The van der Waals surface area contributed by atoms with E-state index in [2.05, 4.69) is 5.32 Å². The van der Waals surface area contributed by atoms with E-state index in [4.69, 9.17) is 4.74 Å². The van der Waals surface area contributed by atoms with Gasteiger partial charge in [0.25, 0.3) is 15.7 Å². The van der Waals surface area contributed by atoms with Gasteiger partial charge in [-0.25, -0.2) is 13.2 Å². The summed E-state index contributed by atoms with van der Waals surface area (Å²) in [4.78, 5) is 24.7. The lowest BCUT2D eigenvalue weighted by Gasteiger charge is -2.38. The minimum atomic E-state index is -5.48. The Hall–Kier alpha value is -3.60. The van der Waals surface area contributed by atoms with Crippen LogP contribution in [0.4, 0.5) is 13.2 Å².